The molecule has 2 rings (SSSR count). The van der Waals surface area contributed by atoms with Crippen LogP contribution in [0.4, 0.5) is 0 Å². The first-order valence-electron chi connectivity index (χ1n) is 7.00. The molecule has 1 aliphatic carbocycles. The van der Waals surface area contributed by atoms with E-state index >= 15 is 0 Å². The maximum Gasteiger partial charge on any atom is 0.217 e. The Balaban J connectivity index is 1.90. The second-order valence-electron chi connectivity index (χ2n) is 5.45. The van der Waals surface area contributed by atoms with Gasteiger partial charge in [0.1, 0.15) is 0 Å². The zero-order chi connectivity index (χ0) is 13.9. The Morgan fingerprint density at radius 1 is 1.11 bits per heavy atom. The highest BCUT2D eigenvalue weighted by Crippen LogP contribution is 2.26. The van der Waals surface area contributed by atoms with Crippen molar-refractivity contribution in [3.63, 3.8) is 0 Å². The van der Waals surface area contributed by atoms with Crippen LogP contribution in [0, 0.1) is 0 Å². The predicted molar refractivity (Wildman–Crippen MR) is 80.6 cm³/mol. The van der Waals surface area contributed by atoms with E-state index in [1.165, 1.54) is 6.42 Å². The number of hydrogen-bond donors (Lipinski definition) is 1. The third kappa shape index (κ3) is 3.87. The van der Waals surface area contributed by atoms with Crippen LogP contribution in [0.5, 0.6) is 0 Å². The number of sulfonamides is 1. The lowest BCUT2D eigenvalue weighted by atomic mass is 10.0. The Morgan fingerprint density at radius 2 is 1.68 bits per heavy atom. The van der Waals surface area contributed by atoms with Gasteiger partial charge in [0, 0.05) is 32.7 Å². The molecule has 2 fully saturated rings. The van der Waals surface area contributed by atoms with Crippen molar-refractivity contribution in [2.45, 2.75) is 37.4 Å². The van der Waals surface area contributed by atoms with Crippen LogP contribution in [-0.4, -0.2) is 60.6 Å². The quantitative estimate of drug-likeness (QED) is 0.769. The molecule has 2 aliphatic rings. The number of nitrogens with zero attached hydrogens (tertiary/aromatic N) is 2. The van der Waals surface area contributed by atoms with Gasteiger partial charge in [0.2, 0.25) is 10.0 Å². The third-order valence-corrected chi connectivity index (χ3v) is 6.57. The number of thiocarbonyl (C=S) groups is 1. The van der Waals surface area contributed by atoms with Gasteiger partial charge in [-0.15, -0.1) is 0 Å². The lowest BCUT2D eigenvalue weighted by molar-refractivity contribution is 0.207. The van der Waals surface area contributed by atoms with Crippen molar-refractivity contribution < 1.29 is 8.42 Å². The first-order chi connectivity index (χ1) is 9.00. The molecule has 0 unspecified atom stereocenters. The number of rotatable bonds is 4. The minimum absolute atomic E-state index is 0.150. The Labute approximate surface area is 121 Å². The Kier molecular flexibility index (Phi) is 5.16. The topological polar surface area (TPSA) is 66.6 Å². The fourth-order valence-electron chi connectivity index (χ4n) is 2.94. The van der Waals surface area contributed by atoms with E-state index in [-0.39, 0.29) is 5.25 Å². The van der Waals surface area contributed by atoms with Crippen molar-refractivity contribution in [1.29, 1.82) is 0 Å². The van der Waals surface area contributed by atoms with E-state index in [1.54, 1.807) is 4.31 Å². The van der Waals surface area contributed by atoms with E-state index in [1.807, 2.05) is 0 Å². The summed E-state index contributed by atoms with van der Waals surface area (Å²) in [4.78, 5) is 2.60. The van der Waals surface area contributed by atoms with E-state index in [0.29, 0.717) is 24.6 Å². The minimum atomic E-state index is -3.09. The lowest BCUT2D eigenvalue weighted by Gasteiger charge is -2.36. The van der Waals surface area contributed by atoms with Crippen LogP contribution in [-0.2, 0) is 10.0 Å². The molecule has 0 aromatic heterocycles. The maximum atomic E-state index is 12.5. The summed E-state index contributed by atoms with van der Waals surface area (Å²) in [5.41, 5.74) is 5.52. The van der Waals surface area contributed by atoms with Gasteiger partial charge in [-0.3, -0.25) is 4.90 Å². The number of hydrogen-bond acceptors (Lipinski definition) is 4. The Bertz CT molecular complexity index is 411. The molecule has 2 N–H and O–H groups in total. The van der Waals surface area contributed by atoms with Gasteiger partial charge < -0.3 is 5.73 Å². The highest BCUT2D eigenvalue weighted by molar-refractivity contribution is 7.89. The first kappa shape index (κ1) is 15.2. The van der Waals surface area contributed by atoms with E-state index in [4.69, 9.17) is 18.0 Å². The summed E-state index contributed by atoms with van der Waals surface area (Å²) < 4.78 is 26.7. The monoisotopic (exact) mass is 305 g/mol. The molecule has 0 aromatic rings. The molecule has 0 atom stereocenters. The van der Waals surface area contributed by atoms with Gasteiger partial charge in [-0.25, -0.2) is 8.42 Å². The molecular weight excluding hydrogens is 282 g/mol. The zero-order valence-electron chi connectivity index (χ0n) is 11.3. The molecule has 5 nitrogen and oxygen atoms in total. The van der Waals surface area contributed by atoms with Gasteiger partial charge in [0.15, 0.2) is 0 Å². The molecule has 110 valence electrons. The molecule has 0 radical (unpaired) electrons. The third-order valence-electron chi connectivity index (χ3n) is 4.04. The van der Waals surface area contributed by atoms with Gasteiger partial charge in [-0.05, 0) is 12.8 Å². The molecule has 0 amide bonds. The van der Waals surface area contributed by atoms with Gasteiger partial charge in [-0.2, -0.15) is 4.31 Å². The molecule has 1 saturated carbocycles. The van der Waals surface area contributed by atoms with Crippen LogP contribution in [0.3, 0.4) is 0 Å². The standard InChI is InChI=1S/C12H23N3O2S2/c13-12(18)10-14-6-8-15(9-7-14)19(16,17)11-4-2-1-3-5-11/h11H,1-10H2,(H2,13,18). The maximum absolute atomic E-state index is 12.5. The summed E-state index contributed by atoms with van der Waals surface area (Å²) in [6.45, 7) is 3.18. The van der Waals surface area contributed by atoms with Crippen LogP contribution in [0.25, 0.3) is 0 Å². The van der Waals surface area contributed by atoms with Gasteiger partial charge in [0.25, 0.3) is 0 Å². The zero-order valence-corrected chi connectivity index (χ0v) is 12.9. The normalized spacial score (nSPS) is 24.4. The fraction of sp³-hybridized carbons (Fsp3) is 0.917. The molecule has 1 heterocycles. The molecule has 0 bridgehead atoms. The summed E-state index contributed by atoms with van der Waals surface area (Å²) in [5, 5.41) is -0.150. The van der Waals surface area contributed by atoms with Crippen LogP contribution in [0.2, 0.25) is 0 Å². The predicted octanol–water partition coefficient (Wildman–Crippen LogP) is 0.553. The van der Waals surface area contributed by atoms with Gasteiger partial charge >= 0.3 is 0 Å². The molecule has 1 aliphatic heterocycles. The average molecular weight is 305 g/mol. The summed E-state index contributed by atoms with van der Waals surface area (Å²) >= 11 is 4.89. The van der Waals surface area contributed by atoms with Gasteiger partial charge in [-0.1, -0.05) is 31.5 Å². The highest BCUT2D eigenvalue weighted by Gasteiger charge is 2.34. The van der Waals surface area contributed by atoms with Gasteiger partial charge in [0.05, 0.1) is 10.2 Å². The van der Waals surface area contributed by atoms with E-state index < -0.39 is 10.0 Å². The van der Waals surface area contributed by atoms with E-state index in [2.05, 4.69) is 4.90 Å². The van der Waals surface area contributed by atoms with Crippen LogP contribution >= 0.6 is 12.2 Å². The second-order valence-corrected chi connectivity index (χ2v) is 8.18. The molecule has 0 aromatic carbocycles. The summed E-state index contributed by atoms with van der Waals surface area (Å²) in [6, 6.07) is 0. The second kappa shape index (κ2) is 6.47. The van der Waals surface area contributed by atoms with E-state index in [9.17, 15) is 8.42 Å². The van der Waals surface area contributed by atoms with Crippen LogP contribution in [0.1, 0.15) is 32.1 Å². The van der Waals surface area contributed by atoms with Crippen molar-refractivity contribution in [2.75, 3.05) is 32.7 Å². The Hall–Kier alpha value is -0.240. The molecule has 19 heavy (non-hydrogen) atoms. The number of nitrogens with two attached hydrogens (primary N) is 1. The van der Waals surface area contributed by atoms with Crippen molar-refractivity contribution >= 4 is 27.2 Å². The Morgan fingerprint density at radius 3 is 2.21 bits per heavy atom. The van der Waals surface area contributed by atoms with Crippen molar-refractivity contribution in [2.24, 2.45) is 5.73 Å². The summed E-state index contributed by atoms with van der Waals surface area (Å²) in [7, 11) is -3.09. The number of piperazine rings is 1. The summed E-state index contributed by atoms with van der Waals surface area (Å²) in [5.74, 6) is 0. The minimum Gasteiger partial charge on any atom is -0.392 e. The molecular formula is C12H23N3O2S2. The molecule has 7 heteroatoms. The first-order valence-corrected chi connectivity index (χ1v) is 8.91. The SMILES string of the molecule is NC(=S)CN1CCN(S(=O)(=O)C2CCCCC2)CC1. The smallest absolute Gasteiger partial charge is 0.217 e. The molecule has 1 saturated heterocycles. The van der Waals surface area contributed by atoms with Crippen LogP contribution in [0.15, 0.2) is 0 Å². The summed E-state index contributed by atoms with van der Waals surface area (Å²) in [6.07, 6.45) is 4.93. The van der Waals surface area contributed by atoms with Crippen molar-refractivity contribution in [3.8, 4) is 0 Å². The molecule has 0 spiro atoms. The largest absolute Gasteiger partial charge is 0.392 e. The van der Waals surface area contributed by atoms with Crippen molar-refractivity contribution in [1.82, 2.24) is 9.21 Å². The van der Waals surface area contributed by atoms with Crippen LogP contribution < -0.4 is 5.73 Å². The fourth-order valence-corrected chi connectivity index (χ4v) is 5.14. The van der Waals surface area contributed by atoms with Crippen molar-refractivity contribution in [3.05, 3.63) is 0 Å². The highest BCUT2D eigenvalue weighted by atomic mass is 32.2. The lowest BCUT2D eigenvalue weighted by Crippen LogP contribution is -2.52. The van der Waals surface area contributed by atoms with E-state index in [0.717, 1.165) is 38.8 Å². The average Bonchev–Trinajstić information content (AvgIpc) is 2.40.